The van der Waals surface area contributed by atoms with E-state index in [0.29, 0.717) is 11.8 Å². The molecule has 0 aliphatic carbocycles. The number of rotatable bonds is 2. The molecule has 1 aromatic carbocycles. The summed E-state index contributed by atoms with van der Waals surface area (Å²) >= 11 is 0. The molecule has 1 N–H and O–H groups in total. The van der Waals surface area contributed by atoms with Crippen molar-refractivity contribution in [3.63, 3.8) is 0 Å². The van der Waals surface area contributed by atoms with E-state index in [0.717, 1.165) is 30.1 Å². The molecule has 1 aromatic rings. The van der Waals surface area contributed by atoms with Gasteiger partial charge < -0.3 is 5.11 Å². The van der Waals surface area contributed by atoms with Crippen LogP contribution < -0.4 is 0 Å². The molecular formula is C15H23NO. The van der Waals surface area contributed by atoms with Crippen LogP contribution in [-0.4, -0.2) is 22.6 Å². The van der Waals surface area contributed by atoms with Crippen LogP contribution in [0.4, 0.5) is 0 Å². The summed E-state index contributed by atoms with van der Waals surface area (Å²) in [5.74, 6) is 1.31. The molecule has 0 saturated carbocycles. The summed E-state index contributed by atoms with van der Waals surface area (Å²) in [7, 11) is 0. The lowest BCUT2D eigenvalue weighted by Crippen LogP contribution is -2.39. The Hall–Kier alpha value is -1.02. The molecule has 2 nitrogen and oxygen atoms in total. The molecule has 0 spiro atoms. The van der Waals surface area contributed by atoms with E-state index in [1.165, 1.54) is 12.8 Å². The monoisotopic (exact) mass is 233 g/mol. The van der Waals surface area contributed by atoms with Gasteiger partial charge in [-0.05, 0) is 44.7 Å². The van der Waals surface area contributed by atoms with E-state index in [4.69, 9.17) is 0 Å². The molecule has 0 bridgehead atoms. The molecule has 2 atom stereocenters. The molecule has 2 rings (SSSR count). The van der Waals surface area contributed by atoms with Crippen LogP contribution in [0.25, 0.3) is 0 Å². The lowest BCUT2D eigenvalue weighted by atomic mass is 9.93. The highest BCUT2D eigenvalue weighted by atomic mass is 16.3. The van der Waals surface area contributed by atoms with Crippen molar-refractivity contribution < 1.29 is 5.11 Å². The molecule has 0 aromatic heterocycles. The summed E-state index contributed by atoms with van der Waals surface area (Å²) in [6.07, 6.45) is 2.55. The Kier molecular flexibility index (Phi) is 3.72. The van der Waals surface area contributed by atoms with Crippen LogP contribution in [0.15, 0.2) is 18.2 Å². The highest BCUT2D eigenvalue weighted by Gasteiger charge is 2.23. The summed E-state index contributed by atoms with van der Waals surface area (Å²) in [5.41, 5.74) is 2.03. The van der Waals surface area contributed by atoms with Gasteiger partial charge in [0, 0.05) is 18.2 Å². The molecule has 2 unspecified atom stereocenters. The van der Waals surface area contributed by atoms with E-state index in [1.807, 2.05) is 25.1 Å². The fraction of sp³-hybridized carbons (Fsp3) is 0.600. The van der Waals surface area contributed by atoms with E-state index < -0.39 is 0 Å². The standard InChI is InChI=1S/C15H23NO/c1-11-7-8-16(13(3)9-11)10-14-6-4-5-12(2)15(14)17/h4-6,11,13,17H,7-10H2,1-3H3. The average Bonchev–Trinajstić information content (AvgIpc) is 2.28. The quantitative estimate of drug-likeness (QED) is 0.847. The number of aromatic hydroxyl groups is 1. The molecule has 1 fully saturated rings. The van der Waals surface area contributed by atoms with E-state index in [2.05, 4.69) is 18.7 Å². The summed E-state index contributed by atoms with van der Waals surface area (Å²) in [6, 6.07) is 6.65. The van der Waals surface area contributed by atoms with E-state index in [-0.39, 0.29) is 0 Å². The minimum absolute atomic E-state index is 0.471. The highest BCUT2D eigenvalue weighted by molar-refractivity contribution is 5.39. The molecule has 94 valence electrons. The number of benzene rings is 1. The minimum atomic E-state index is 0.471. The summed E-state index contributed by atoms with van der Waals surface area (Å²) in [5, 5.41) is 10.0. The van der Waals surface area contributed by atoms with Crippen molar-refractivity contribution in [3.8, 4) is 5.75 Å². The molecule has 17 heavy (non-hydrogen) atoms. The SMILES string of the molecule is Cc1cccc(CN2CCC(C)CC2C)c1O. The number of para-hydroxylation sites is 1. The van der Waals surface area contributed by atoms with Crippen molar-refractivity contribution in [2.45, 2.75) is 46.2 Å². The smallest absolute Gasteiger partial charge is 0.122 e. The number of hydrogen-bond acceptors (Lipinski definition) is 2. The highest BCUT2D eigenvalue weighted by Crippen LogP contribution is 2.27. The van der Waals surface area contributed by atoms with Crippen molar-refractivity contribution >= 4 is 0 Å². The number of nitrogens with zero attached hydrogens (tertiary/aromatic N) is 1. The maximum atomic E-state index is 10.0. The van der Waals surface area contributed by atoms with Crippen LogP contribution >= 0.6 is 0 Å². The normalized spacial score (nSPS) is 26.1. The number of piperidine rings is 1. The van der Waals surface area contributed by atoms with E-state index >= 15 is 0 Å². The van der Waals surface area contributed by atoms with Crippen molar-refractivity contribution in [2.75, 3.05) is 6.54 Å². The molecule has 1 heterocycles. The lowest BCUT2D eigenvalue weighted by Gasteiger charge is -2.36. The largest absolute Gasteiger partial charge is 0.507 e. The van der Waals surface area contributed by atoms with Gasteiger partial charge in [-0.2, -0.15) is 0 Å². The van der Waals surface area contributed by atoms with Crippen LogP contribution in [0.5, 0.6) is 5.75 Å². The minimum Gasteiger partial charge on any atom is -0.507 e. The predicted molar refractivity (Wildman–Crippen MR) is 71.1 cm³/mol. The van der Waals surface area contributed by atoms with Gasteiger partial charge in [-0.3, -0.25) is 4.90 Å². The van der Waals surface area contributed by atoms with E-state index in [9.17, 15) is 5.11 Å². The Morgan fingerprint density at radius 3 is 2.82 bits per heavy atom. The summed E-state index contributed by atoms with van der Waals surface area (Å²) < 4.78 is 0. The van der Waals surface area contributed by atoms with Gasteiger partial charge in [0.2, 0.25) is 0 Å². The molecule has 1 saturated heterocycles. The van der Waals surface area contributed by atoms with Crippen LogP contribution in [0.2, 0.25) is 0 Å². The van der Waals surface area contributed by atoms with Gasteiger partial charge in [-0.15, -0.1) is 0 Å². The zero-order valence-electron chi connectivity index (χ0n) is 11.1. The van der Waals surface area contributed by atoms with Crippen molar-refractivity contribution in [1.82, 2.24) is 4.90 Å². The van der Waals surface area contributed by atoms with Crippen LogP contribution in [0, 0.1) is 12.8 Å². The third kappa shape index (κ3) is 2.81. The first-order valence-electron chi connectivity index (χ1n) is 6.59. The summed E-state index contributed by atoms with van der Waals surface area (Å²) in [4.78, 5) is 2.48. The van der Waals surface area contributed by atoms with Crippen LogP contribution in [0.1, 0.15) is 37.8 Å². The first-order chi connectivity index (χ1) is 8.08. The molecule has 0 amide bonds. The summed E-state index contributed by atoms with van der Waals surface area (Å²) in [6.45, 7) is 8.61. The van der Waals surface area contributed by atoms with Crippen molar-refractivity contribution in [3.05, 3.63) is 29.3 Å². The zero-order valence-corrected chi connectivity index (χ0v) is 11.1. The third-order valence-electron chi connectivity index (χ3n) is 3.97. The lowest BCUT2D eigenvalue weighted by molar-refractivity contribution is 0.121. The van der Waals surface area contributed by atoms with Gasteiger partial charge in [0.05, 0.1) is 0 Å². The first-order valence-corrected chi connectivity index (χ1v) is 6.59. The van der Waals surface area contributed by atoms with Gasteiger partial charge in [-0.25, -0.2) is 0 Å². The second-order valence-electron chi connectivity index (χ2n) is 5.53. The van der Waals surface area contributed by atoms with Gasteiger partial charge in [0.15, 0.2) is 0 Å². The van der Waals surface area contributed by atoms with Crippen molar-refractivity contribution in [2.24, 2.45) is 5.92 Å². The molecule has 1 aliphatic heterocycles. The molecule has 1 aliphatic rings. The van der Waals surface area contributed by atoms with Crippen molar-refractivity contribution in [1.29, 1.82) is 0 Å². The van der Waals surface area contributed by atoms with E-state index in [1.54, 1.807) is 0 Å². The average molecular weight is 233 g/mol. The van der Waals surface area contributed by atoms with Gasteiger partial charge in [0.1, 0.15) is 5.75 Å². The van der Waals surface area contributed by atoms with Crippen LogP contribution in [-0.2, 0) is 6.54 Å². The van der Waals surface area contributed by atoms with Gasteiger partial charge in [-0.1, -0.05) is 25.1 Å². The zero-order chi connectivity index (χ0) is 12.4. The Bertz CT molecular complexity index is 389. The Morgan fingerprint density at radius 2 is 2.12 bits per heavy atom. The number of aryl methyl sites for hydroxylation is 1. The maximum absolute atomic E-state index is 10.0. The first kappa shape index (κ1) is 12.4. The third-order valence-corrected chi connectivity index (χ3v) is 3.97. The second-order valence-corrected chi connectivity index (χ2v) is 5.53. The number of phenols is 1. The van der Waals surface area contributed by atoms with Crippen LogP contribution in [0.3, 0.4) is 0 Å². The maximum Gasteiger partial charge on any atom is 0.122 e. The van der Waals surface area contributed by atoms with Gasteiger partial charge in [0.25, 0.3) is 0 Å². The fourth-order valence-electron chi connectivity index (χ4n) is 2.76. The Balaban J connectivity index is 2.08. The van der Waals surface area contributed by atoms with Gasteiger partial charge >= 0.3 is 0 Å². The molecule has 2 heteroatoms. The fourth-order valence-corrected chi connectivity index (χ4v) is 2.76. The predicted octanol–water partition coefficient (Wildman–Crippen LogP) is 3.32. The number of phenolic OH excluding ortho intramolecular Hbond substituents is 1. The Labute approximate surface area is 104 Å². The molecular weight excluding hydrogens is 210 g/mol. The molecule has 0 radical (unpaired) electrons. The number of hydrogen-bond donors (Lipinski definition) is 1. The number of likely N-dealkylation sites (tertiary alicyclic amines) is 1. The second kappa shape index (κ2) is 5.09. The Morgan fingerprint density at radius 1 is 1.35 bits per heavy atom. The topological polar surface area (TPSA) is 23.5 Å².